The summed E-state index contributed by atoms with van der Waals surface area (Å²) in [7, 11) is 0. The number of aromatic nitrogens is 2. The van der Waals surface area contributed by atoms with Gasteiger partial charge < -0.3 is 10.1 Å². The van der Waals surface area contributed by atoms with E-state index in [1.807, 2.05) is 20.8 Å². The molecule has 1 aromatic heterocycles. The van der Waals surface area contributed by atoms with Gasteiger partial charge in [0.2, 0.25) is 0 Å². The number of hydrogen-bond acceptors (Lipinski definition) is 2. The predicted octanol–water partition coefficient (Wildman–Crippen LogP) is 2.94. The van der Waals surface area contributed by atoms with Crippen molar-refractivity contribution in [2.24, 2.45) is 0 Å². The number of carboxylic acids is 1. The smallest absolute Gasteiger partial charge is 0.309 e. The van der Waals surface area contributed by atoms with Crippen LogP contribution in [0.2, 0.25) is 0 Å². The van der Waals surface area contributed by atoms with E-state index in [4.69, 9.17) is 5.11 Å². The lowest BCUT2D eigenvalue weighted by atomic mass is 9.96. The van der Waals surface area contributed by atoms with Gasteiger partial charge in [0, 0.05) is 5.56 Å². The lowest BCUT2D eigenvalue weighted by Gasteiger charge is -2.10. The van der Waals surface area contributed by atoms with Crippen LogP contribution in [0.4, 0.5) is 0 Å². The number of aromatic amines is 1. The van der Waals surface area contributed by atoms with Gasteiger partial charge in [-0.3, -0.25) is 4.79 Å². The van der Waals surface area contributed by atoms with Gasteiger partial charge in [-0.25, -0.2) is 4.98 Å². The molecule has 0 aliphatic carbocycles. The standard InChI is InChI=1S/C15H18N2O2/c1-8-5-9(2)14(10(3)6-8)15-12(7-13(18)19)16-11(4)17-15/h5-6H,7H2,1-4H3,(H,16,17)(H,18,19). The van der Waals surface area contributed by atoms with Crippen molar-refractivity contribution in [3.63, 3.8) is 0 Å². The largest absolute Gasteiger partial charge is 0.481 e. The second-order valence-electron chi connectivity index (χ2n) is 4.99. The first-order chi connectivity index (χ1) is 8.88. The van der Waals surface area contributed by atoms with Crippen LogP contribution < -0.4 is 0 Å². The third kappa shape index (κ3) is 2.67. The molecule has 4 heteroatoms. The van der Waals surface area contributed by atoms with E-state index in [1.54, 1.807) is 0 Å². The van der Waals surface area contributed by atoms with E-state index >= 15 is 0 Å². The van der Waals surface area contributed by atoms with Crippen LogP contribution in [0.25, 0.3) is 11.3 Å². The maximum Gasteiger partial charge on any atom is 0.309 e. The number of H-pyrrole nitrogens is 1. The van der Waals surface area contributed by atoms with Crippen molar-refractivity contribution in [1.29, 1.82) is 0 Å². The monoisotopic (exact) mass is 258 g/mol. The normalized spacial score (nSPS) is 10.7. The topological polar surface area (TPSA) is 66.0 Å². The van der Waals surface area contributed by atoms with Crippen LogP contribution in [-0.4, -0.2) is 21.0 Å². The highest BCUT2D eigenvalue weighted by atomic mass is 16.4. The molecular weight excluding hydrogens is 240 g/mol. The molecule has 0 fully saturated rings. The van der Waals surface area contributed by atoms with Crippen molar-refractivity contribution >= 4 is 5.97 Å². The van der Waals surface area contributed by atoms with Crippen molar-refractivity contribution in [1.82, 2.24) is 9.97 Å². The van der Waals surface area contributed by atoms with E-state index in [9.17, 15) is 4.79 Å². The summed E-state index contributed by atoms with van der Waals surface area (Å²) in [4.78, 5) is 18.5. The Kier molecular flexibility index (Phi) is 3.42. The zero-order valence-electron chi connectivity index (χ0n) is 11.7. The zero-order chi connectivity index (χ0) is 14.2. The van der Waals surface area contributed by atoms with Crippen LogP contribution in [0.5, 0.6) is 0 Å². The zero-order valence-corrected chi connectivity index (χ0v) is 11.7. The summed E-state index contributed by atoms with van der Waals surface area (Å²) in [6, 6.07) is 4.19. The Morgan fingerprint density at radius 2 is 1.79 bits per heavy atom. The molecule has 2 N–H and O–H groups in total. The molecule has 0 saturated heterocycles. The van der Waals surface area contributed by atoms with Crippen molar-refractivity contribution in [3.8, 4) is 11.3 Å². The molecule has 2 rings (SSSR count). The minimum Gasteiger partial charge on any atom is -0.481 e. The quantitative estimate of drug-likeness (QED) is 0.889. The second kappa shape index (κ2) is 4.88. The molecule has 0 atom stereocenters. The first kappa shape index (κ1) is 13.3. The summed E-state index contributed by atoms with van der Waals surface area (Å²) in [5.74, 6) is -0.113. The van der Waals surface area contributed by atoms with Crippen molar-refractivity contribution in [2.75, 3.05) is 0 Å². The number of aliphatic carboxylic acids is 1. The molecule has 1 aromatic carbocycles. The number of benzene rings is 1. The Morgan fingerprint density at radius 1 is 1.21 bits per heavy atom. The van der Waals surface area contributed by atoms with E-state index in [2.05, 4.69) is 29.0 Å². The number of nitrogens with zero attached hydrogens (tertiary/aromatic N) is 1. The molecule has 0 aliphatic heterocycles. The molecule has 4 nitrogen and oxygen atoms in total. The van der Waals surface area contributed by atoms with Crippen molar-refractivity contribution in [2.45, 2.75) is 34.1 Å². The molecule has 0 unspecified atom stereocenters. The third-order valence-electron chi connectivity index (χ3n) is 3.14. The Labute approximate surface area is 112 Å². The lowest BCUT2D eigenvalue weighted by molar-refractivity contribution is -0.136. The summed E-state index contributed by atoms with van der Waals surface area (Å²) >= 11 is 0. The van der Waals surface area contributed by atoms with Crippen LogP contribution in [-0.2, 0) is 11.2 Å². The van der Waals surface area contributed by atoms with Gasteiger partial charge in [0.1, 0.15) is 5.82 Å². The van der Waals surface area contributed by atoms with Gasteiger partial charge in [0.25, 0.3) is 0 Å². The minimum atomic E-state index is -0.854. The molecule has 0 bridgehead atoms. The molecular formula is C15H18N2O2. The number of hydrogen-bond donors (Lipinski definition) is 2. The average molecular weight is 258 g/mol. The predicted molar refractivity (Wildman–Crippen MR) is 74.3 cm³/mol. The van der Waals surface area contributed by atoms with E-state index in [1.165, 1.54) is 5.56 Å². The highest BCUT2D eigenvalue weighted by Gasteiger charge is 2.17. The van der Waals surface area contributed by atoms with E-state index in [-0.39, 0.29) is 6.42 Å². The summed E-state index contributed by atoms with van der Waals surface area (Å²) in [6.07, 6.45) is -0.0388. The molecule has 2 aromatic rings. The van der Waals surface area contributed by atoms with Crippen LogP contribution in [0.3, 0.4) is 0 Å². The highest BCUT2D eigenvalue weighted by Crippen LogP contribution is 2.29. The fraction of sp³-hybridized carbons (Fsp3) is 0.333. The van der Waals surface area contributed by atoms with Crippen LogP contribution in [0.1, 0.15) is 28.2 Å². The van der Waals surface area contributed by atoms with Gasteiger partial charge in [-0.15, -0.1) is 0 Å². The molecule has 19 heavy (non-hydrogen) atoms. The maximum atomic E-state index is 10.9. The molecule has 0 spiro atoms. The average Bonchev–Trinajstić information content (AvgIpc) is 2.56. The number of rotatable bonds is 3. The summed E-state index contributed by atoms with van der Waals surface area (Å²) < 4.78 is 0. The first-order valence-electron chi connectivity index (χ1n) is 6.24. The minimum absolute atomic E-state index is 0.0388. The fourth-order valence-corrected chi connectivity index (χ4v) is 2.58. The molecule has 1 heterocycles. The Hall–Kier alpha value is -2.10. The van der Waals surface area contributed by atoms with Gasteiger partial charge in [-0.1, -0.05) is 17.7 Å². The van der Waals surface area contributed by atoms with E-state index in [0.717, 1.165) is 28.2 Å². The Balaban J connectivity index is 2.62. The lowest BCUT2D eigenvalue weighted by Crippen LogP contribution is -2.03. The van der Waals surface area contributed by atoms with Gasteiger partial charge in [-0.05, 0) is 38.8 Å². The third-order valence-corrected chi connectivity index (χ3v) is 3.14. The Morgan fingerprint density at radius 3 is 2.32 bits per heavy atom. The van der Waals surface area contributed by atoms with Gasteiger partial charge in [0.05, 0.1) is 17.8 Å². The molecule has 0 amide bonds. The summed E-state index contributed by atoms with van der Waals surface area (Å²) in [5, 5.41) is 8.98. The highest BCUT2D eigenvalue weighted by molar-refractivity contribution is 5.76. The number of nitrogens with one attached hydrogen (secondary N) is 1. The number of carbonyl (C=O) groups is 1. The second-order valence-corrected chi connectivity index (χ2v) is 4.99. The summed E-state index contributed by atoms with van der Waals surface area (Å²) in [6.45, 7) is 7.96. The van der Waals surface area contributed by atoms with E-state index < -0.39 is 5.97 Å². The van der Waals surface area contributed by atoms with Gasteiger partial charge in [0.15, 0.2) is 0 Å². The van der Waals surface area contributed by atoms with E-state index in [0.29, 0.717) is 5.69 Å². The van der Waals surface area contributed by atoms with Crippen LogP contribution in [0.15, 0.2) is 12.1 Å². The maximum absolute atomic E-state index is 10.9. The molecule has 0 aliphatic rings. The first-order valence-corrected chi connectivity index (χ1v) is 6.24. The number of imidazole rings is 1. The van der Waals surface area contributed by atoms with Crippen LogP contribution in [0, 0.1) is 27.7 Å². The summed E-state index contributed by atoms with van der Waals surface area (Å²) in [5.41, 5.74) is 5.90. The van der Waals surface area contributed by atoms with Gasteiger partial charge >= 0.3 is 5.97 Å². The van der Waals surface area contributed by atoms with Gasteiger partial charge in [-0.2, -0.15) is 0 Å². The SMILES string of the molecule is Cc1cc(C)c(-c2nc(C)[nH]c2CC(=O)O)c(C)c1. The van der Waals surface area contributed by atoms with Crippen molar-refractivity contribution < 1.29 is 9.90 Å². The number of aryl methyl sites for hydroxylation is 4. The van der Waals surface area contributed by atoms with Crippen molar-refractivity contribution in [3.05, 3.63) is 40.3 Å². The molecule has 100 valence electrons. The Bertz CT molecular complexity index is 619. The molecule has 0 saturated carbocycles. The number of carboxylic acid groups (broad SMARTS) is 1. The van der Waals surface area contributed by atoms with Crippen LogP contribution >= 0.6 is 0 Å². The molecule has 0 radical (unpaired) electrons. The fourth-order valence-electron chi connectivity index (χ4n) is 2.58.